The van der Waals surface area contributed by atoms with Crippen LogP contribution in [-0.2, 0) is 5.41 Å². The van der Waals surface area contributed by atoms with Gasteiger partial charge < -0.3 is 4.42 Å². The largest absolute Gasteiger partial charge is 0.456 e. The summed E-state index contributed by atoms with van der Waals surface area (Å²) in [6.45, 7) is 6.81. The highest BCUT2D eigenvalue weighted by Crippen LogP contribution is 2.34. The second kappa shape index (κ2) is 3.88. The van der Waals surface area contributed by atoms with Gasteiger partial charge in [-0.25, -0.2) is 0 Å². The van der Waals surface area contributed by atoms with Gasteiger partial charge in [0.25, 0.3) is 0 Å². The SMILES string of the molecule is CCC(C)(C)c1ccc2oc3ccccc3c2c1. The molecule has 3 aromatic rings. The van der Waals surface area contributed by atoms with Gasteiger partial charge in [-0.1, -0.05) is 45.0 Å². The van der Waals surface area contributed by atoms with Gasteiger partial charge in [0.2, 0.25) is 0 Å². The van der Waals surface area contributed by atoms with Gasteiger partial charge in [-0.05, 0) is 35.6 Å². The van der Waals surface area contributed by atoms with E-state index in [-0.39, 0.29) is 5.41 Å². The summed E-state index contributed by atoms with van der Waals surface area (Å²) in [5.41, 5.74) is 3.54. The summed E-state index contributed by atoms with van der Waals surface area (Å²) < 4.78 is 5.85. The molecule has 0 aliphatic carbocycles. The summed E-state index contributed by atoms with van der Waals surface area (Å²) in [6.07, 6.45) is 1.13. The lowest BCUT2D eigenvalue weighted by Gasteiger charge is -2.23. The van der Waals surface area contributed by atoms with Crippen LogP contribution in [0.4, 0.5) is 0 Å². The predicted molar refractivity (Wildman–Crippen MR) is 77.0 cm³/mol. The van der Waals surface area contributed by atoms with Crippen LogP contribution in [-0.4, -0.2) is 0 Å². The predicted octanol–water partition coefficient (Wildman–Crippen LogP) is 5.27. The van der Waals surface area contributed by atoms with E-state index < -0.39 is 0 Å². The summed E-state index contributed by atoms with van der Waals surface area (Å²) >= 11 is 0. The van der Waals surface area contributed by atoms with Gasteiger partial charge in [0, 0.05) is 10.8 Å². The van der Waals surface area contributed by atoms with Crippen LogP contribution in [0.5, 0.6) is 0 Å². The average molecular weight is 238 g/mol. The van der Waals surface area contributed by atoms with Crippen LogP contribution in [0.1, 0.15) is 32.8 Å². The Morgan fingerprint density at radius 3 is 2.44 bits per heavy atom. The molecule has 0 fully saturated rings. The Balaban J connectivity index is 2.31. The lowest BCUT2D eigenvalue weighted by molar-refractivity contribution is 0.506. The Labute approximate surface area is 107 Å². The van der Waals surface area contributed by atoms with Crippen LogP contribution in [0.25, 0.3) is 21.9 Å². The maximum absolute atomic E-state index is 5.85. The molecule has 0 radical (unpaired) electrons. The molecule has 1 nitrogen and oxygen atoms in total. The number of benzene rings is 2. The van der Waals surface area contributed by atoms with Crippen molar-refractivity contribution in [3.05, 3.63) is 48.0 Å². The fourth-order valence-corrected chi connectivity index (χ4v) is 2.35. The molecule has 0 aliphatic heterocycles. The number of hydrogen-bond acceptors (Lipinski definition) is 1. The molecule has 2 aromatic carbocycles. The maximum atomic E-state index is 5.85. The van der Waals surface area contributed by atoms with E-state index in [1.54, 1.807) is 0 Å². The molecular weight excluding hydrogens is 220 g/mol. The van der Waals surface area contributed by atoms with E-state index in [1.807, 2.05) is 12.1 Å². The molecule has 0 bridgehead atoms. The summed E-state index contributed by atoms with van der Waals surface area (Å²) in [5.74, 6) is 0. The fraction of sp³-hybridized carbons (Fsp3) is 0.294. The van der Waals surface area contributed by atoms with Crippen molar-refractivity contribution in [2.45, 2.75) is 32.6 Å². The van der Waals surface area contributed by atoms with Crippen molar-refractivity contribution in [1.82, 2.24) is 0 Å². The first-order valence-electron chi connectivity index (χ1n) is 6.53. The molecule has 0 amide bonds. The minimum absolute atomic E-state index is 0.215. The van der Waals surface area contributed by atoms with Crippen LogP contribution in [0.2, 0.25) is 0 Å². The summed E-state index contributed by atoms with van der Waals surface area (Å²) in [5, 5.41) is 2.44. The lowest BCUT2D eigenvalue weighted by atomic mass is 9.82. The second-order valence-electron chi connectivity index (χ2n) is 5.55. The van der Waals surface area contributed by atoms with Crippen molar-refractivity contribution >= 4 is 21.9 Å². The van der Waals surface area contributed by atoms with Crippen molar-refractivity contribution in [3.8, 4) is 0 Å². The highest BCUT2D eigenvalue weighted by Gasteiger charge is 2.19. The van der Waals surface area contributed by atoms with Crippen molar-refractivity contribution in [3.63, 3.8) is 0 Å². The number of hydrogen-bond donors (Lipinski definition) is 0. The zero-order chi connectivity index (χ0) is 12.8. The summed E-state index contributed by atoms with van der Waals surface area (Å²) in [6, 6.07) is 14.8. The first-order valence-corrected chi connectivity index (χ1v) is 6.53. The van der Waals surface area contributed by atoms with E-state index in [4.69, 9.17) is 4.42 Å². The molecule has 1 heteroatoms. The molecular formula is C17H18O. The zero-order valence-corrected chi connectivity index (χ0v) is 11.2. The Hall–Kier alpha value is -1.76. The molecule has 1 aromatic heterocycles. The van der Waals surface area contributed by atoms with Gasteiger partial charge in [0.05, 0.1) is 0 Å². The molecule has 18 heavy (non-hydrogen) atoms. The molecule has 0 saturated carbocycles. The Morgan fingerprint density at radius 2 is 1.67 bits per heavy atom. The third-order valence-electron chi connectivity index (χ3n) is 4.04. The van der Waals surface area contributed by atoms with Gasteiger partial charge in [0.1, 0.15) is 11.2 Å². The molecule has 3 rings (SSSR count). The number of furan rings is 1. The fourth-order valence-electron chi connectivity index (χ4n) is 2.35. The van der Waals surface area contributed by atoms with Crippen LogP contribution in [0.15, 0.2) is 46.9 Å². The third-order valence-corrected chi connectivity index (χ3v) is 4.04. The highest BCUT2D eigenvalue weighted by molar-refractivity contribution is 6.05. The van der Waals surface area contributed by atoms with Crippen LogP contribution < -0.4 is 0 Å². The summed E-state index contributed by atoms with van der Waals surface area (Å²) in [7, 11) is 0. The Kier molecular flexibility index (Phi) is 2.44. The minimum Gasteiger partial charge on any atom is -0.456 e. The van der Waals surface area contributed by atoms with E-state index in [0.29, 0.717) is 0 Å². The van der Waals surface area contributed by atoms with Crippen molar-refractivity contribution in [2.24, 2.45) is 0 Å². The van der Waals surface area contributed by atoms with E-state index in [9.17, 15) is 0 Å². The van der Waals surface area contributed by atoms with Crippen molar-refractivity contribution in [2.75, 3.05) is 0 Å². The van der Waals surface area contributed by atoms with E-state index in [0.717, 1.165) is 17.6 Å². The van der Waals surface area contributed by atoms with E-state index >= 15 is 0 Å². The van der Waals surface area contributed by atoms with Crippen molar-refractivity contribution in [1.29, 1.82) is 0 Å². The number of fused-ring (bicyclic) bond motifs is 3. The normalized spacial score (nSPS) is 12.4. The standard InChI is InChI=1S/C17H18O/c1-4-17(2,3)12-9-10-16-14(11-12)13-7-5-6-8-15(13)18-16/h5-11H,4H2,1-3H3. The zero-order valence-electron chi connectivity index (χ0n) is 11.2. The maximum Gasteiger partial charge on any atom is 0.135 e. The molecule has 0 N–H and O–H groups in total. The van der Waals surface area contributed by atoms with Gasteiger partial charge in [-0.2, -0.15) is 0 Å². The molecule has 1 heterocycles. The second-order valence-corrected chi connectivity index (χ2v) is 5.55. The molecule has 92 valence electrons. The molecule has 0 atom stereocenters. The molecule has 0 saturated heterocycles. The Morgan fingerprint density at radius 1 is 0.944 bits per heavy atom. The average Bonchev–Trinajstić information content (AvgIpc) is 2.76. The highest BCUT2D eigenvalue weighted by atomic mass is 16.3. The van der Waals surface area contributed by atoms with Crippen molar-refractivity contribution < 1.29 is 4.42 Å². The molecule has 0 aliphatic rings. The lowest BCUT2D eigenvalue weighted by Crippen LogP contribution is -2.14. The minimum atomic E-state index is 0.215. The van der Waals surface area contributed by atoms with Crippen LogP contribution >= 0.6 is 0 Å². The van der Waals surface area contributed by atoms with Gasteiger partial charge in [-0.3, -0.25) is 0 Å². The van der Waals surface area contributed by atoms with Crippen LogP contribution in [0.3, 0.4) is 0 Å². The number of rotatable bonds is 2. The van der Waals surface area contributed by atoms with E-state index in [2.05, 4.69) is 51.1 Å². The topological polar surface area (TPSA) is 13.1 Å². The molecule has 0 spiro atoms. The van der Waals surface area contributed by atoms with E-state index in [1.165, 1.54) is 16.3 Å². The Bertz CT molecular complexity index is 704. The van der Waals surface area contributed by atoms with Gasteiger partial charge in [0.15, 0.2) is 0 Å². The first kappa shape index (κ1) is 11.3. The summed E-state index contributed by atoms with van der Waals surface area (Å²) in [4.78, 5) is 0. The first-order chi connectivity index (χ1) is 8.62. The smallest absolute Gasteiger partial charge is 0.135 e. The quantitative estimate of drug-likeness (QED) is 0.592. The molecule has 0 unspecified atom stereocenters. The van der Waals surface area contributed by atoms with Gasteiger partial charge in [-0.15, -0.1) is 0 Å². The monoisotopic (exact) mass is 238 g/mol. The number of para-hydroxylation sites is 1. The van der Waals surface area contributed by atoms with Crippen LogP contribution in [0, 0.1) is 0 Å². The van der Waals surface area contributed by atoms with Gasteiger partial charge >= 0.3 is 0 Å². The third kappa shape index (κ3) is 1.62.